The van der Waals surface area contributed by atoms with E-state index in [4.69, 9.17) is 0 Å². The summed E-state index contributed by atoms with van der Waals surface area (Å²) >= 11 is 3.82. The lowest BCUT2D eigenvalue weighted by molar-refractivity contribution is 0.660. The predicted molar refractivity (Wildman–Crippen MR) is 255 cm³/mol. The summed E-state index contributed by atoms with van der Waals surface area (Å²) in [4.78, 5) is 2.42. The zero-order valence-corrected chi connectivity index (χ0v) is 34.3. The van der Waals surface area contributed by atoms with E-state index in [2.05, 4.69) is 217 Å². The van der Waals surface area contributed by atoms with Crippen LogP contribution >= 0.6 is 22.7 Å². The number of rotatable bonds is 6. The van der Waals surface area contributed by atoms with E-state index in [1.54, 1.807) is 0 Å². The molecule has 11 aromatic rings. The quantitative estimate of drug-likeness (QED) is 0.163. The van der Waals surface area contributed by atoms with Crippen molar-refractivity contribution in [1.29, 1.82) is 0 Å². The maximum Gasteiger partial charge on any atom is 0.0736 e. The Bertz CT molecular complexity index is 3300. The second kappa shape index (κ2) is 13.2. The monoisotopic (exact) mass is 790 g/mol. The highest BCUT2D eigenvalue weighted by Gasteiger charge is 2.35. The van der Waals surface area contributed by atoms with Gasteiger partial charge in [-0.15, -0.1) is 22.7 Å². The molecule has 280 valence electrons. The van der Waals surface area contributed by atoms with Crippen molar-refractivity contribution in [2.24, 2.45) is 0 Å². The fourth-order valence-corrected chi connectivity index (χ4v) is 12.0. The number of benzene rings is 8. The molecule has 0 bridgehead atoms. The van der Waals surface area contributed by atoms with Crippen molar-refractivity contribution in [2.45, 2.75) is 19.3 Å². The second-order valence-corrected chi connectivity index (χ2v) is 18.2. The Kier molecular flexibility index (Phi) is 7.65. The van der Waals surface area contributed by atoms with E-state index in [1.165, 1.54) is 90.8 Å². The first kappa shape index (κ1) is 34.3. The third-order valence-corrected chi connectivity index (χ3v) is 14.9. The minimum absolute atomic E-state index is 0.106. The lowest BCUT2D eigenvalue weighted by Crippen LogP contribution is -2.16. The molecular formula is C55H38N2S2. The van der Waals surface area contributed by atoms with Gasteiger partial charge in [0, 0.05) is 48.3 Å². The van der Waals surface area contributed by atoms with Gasteiger partial charge >= 0.3 is 0 Å². The van der Waals surface area contributed by atoms with Gasteiger partial charge in [-0.25, -0.2) is 0 Å². The number of thiophene rings is 2. The fraction of sp³-hybridized carbons (Fsp3) is 0.0545. The van der Waals surface area contributed by atoms with Crippen LogP contribution < -0.4 is 4.90 Å². The normalized spacial score (nSPS) is 13.1. The second-order valence-electron chi connectivity index (χ2n) is 16.1. The zero-order valence-electron chi connectivity index (χ0n) is 32.7. The van der Waals surface area contributed by atoms with Crippen molar-refractivity contribution in [2.75, 3.05) is 4.90 Å². The molecule has 8 aromatic carbocycles. The highest BCUT2D eigenvalue weighted by atomic mass is 32.1. The first-order valence-electron chi connectivity index (χ1n) is 20.3. The van der Waals surface area contributed by atoms with Crippen LogP contribution in [0.3, 0.4) is 0 Å². The third-order valence-electron chi connectivity index (χ3n) is 12.4. The number of hydrogen-bond donors (Lipinski definition) is 0. The van der Waals surface area contributed by atoms with E-state index < -0.39 is 0 Å². The molecule has 0 unspecified atom stereocenters. The molecule has 0 saturated heterocycles. The van der Waals surface area contributed by atoms with Gasteiger partial charge in [-0.05, 0) is 105 Å². The molecule has 2 nitrogen and oxygen atoms in total. The maximum absolute atomic E-state index is 2.52. The average Bonchev–Trinajstić information content (AvgIpc) is 4.01. The van der Waals surface area contributed by atoms with Crippen LogP contribution in [0.4, 0.5) is 17.1 Å². The van der Waals surface area contributed by atoms with Gasteiger partial charge in [0.25, 0.3) is 0 Å². The standard InChI is InChI=1S/C55H38N2S2/c1-55(2)47-17-9-6-14-43(47)44-33-32-42(34-48(44)55)56(39-26-24-38(25-27-39)37-22-20-36(21-23-37)35-12-4-3-5-13-35)40-28-30-41(31-29-40)57-51-45-15-7-10-18-49(45)58-53(51)54-52(57)46-16-8-11-19-50(46)59-54/h3-34H,1-2H3. The van der Waals surface area contributed by atoms with Crippen molar-refractivity contribution in [1.82, 2.24) is 4.57 Å². The van der Waals surface area contributed by atoms with Crippen LogP contribution in [0.25, 0.3) is 79.7 Å². The van der Waals surface area contributed by atoms with Crippen LogP contribution in [-0.2, 0) is 5.41 Å². The molecule has 59 heavy (non-hydrogen) atoms. The smallest absolute Gasteiger partial charge is 0.0736 e. The summed E-state index contributed by atoms with van der Waals surface area (Å²) in [7, 11) is 0. The van der Waals surface area contributed by atoms with Gasteiger partial charge in [0.15, 0.2) is 0 Å². The molecular weight excluding hydrogens is 753 g/mol. The summed E-state index contributed by atoms with van der Waals surface area (Å²) in [6, 6.07) is 71.5. The molecule has 0 radical (unpaired) electrons. The van der Waals surface area contributed by atoms with Gasteiger partial charge in [-0.1, -0.05) is 147 Å². The molecule has 3 aromatic heterocycles. The van der Waals surface area contributed by atoms with E-state index in [0.717, 1.165) is 17.1 Å². The third kappa shape index (κ3) is 5.30. The van der Waals surface area contributed by atoms with Crippen molar-refractivity contribution in [3.05, 3.63) is 205 Å². The number of nitrogens with zero attached hydrogens (tertiary/aromatic N) is 2. The fourth-order valence-electron chi connectivity index (χ4n) is 9.50. The molecule has 1 aliphatic carbocycles. The molecule has 0 N–H and O–H groups in total. The van der Waals surface area contributed by atoms with Gasteiger partial charge in [0.1, 0.15) is 0 Å². The largest absolute Gasteiger partial charge is 0.310 e. The van der Waals surface area contributed by atoms with Gasteiger partial charge in [-0.3, -0.25) is 0 Å². The van der Waals surface area contributed by atoms with Crippen molar-refractivity contribution >= 4 is 80.3 Å². The maximum atomic E-state index is 2.52. The van der Waals surface area contributed by atoms with E-state index in [9.17, 15) is 0 Å². The molecule has 0 aliphatic heterocycles. The molecule has 4 heteroatoms. The summed E-state index contributed by atoms with van der Waals surface area (Å²) in [5.74, 6) is 0. The van der Waals surface area contributed by atoms with Gasteiger partial charge < -0.3 is 9.47 Å². The molecule has 1 aliphatic rings. The molecule has 12 rings (SSSR count). The lowest BCUT2D eigenvalue weighted by atomic mass is 9.82. The van der Waals surface area contributed by atoms with Crippen LogP contribution in [0.2, 0.25) is 0 Å². The SMILES string of the molecule is CC1(C)c2ccccc2-c2ccc(N(c3ccc(-c4ccc(-c5ccccc5)cc4)cc3)c3ccc(-n4c5c6ccccc6sc5c5sc6ccccc6c54)cc3)cc21. The van der Waals surface area contributed by atoms with Crippen LogP contribution in [0, 0.1) is 0 Å². The molecule has 3 heterocycles. The van der Waals surface area contributed by atoms with Gasteiger partial charge in [0.05, 0.1) is 20.4 Å². The van der Waals surface area contributed by atoms with Crippen LogP contribution in [0.1, 0.15) is 25.0 Å². The van der Waals surface area contributed by atoms with Crippen molar-refractivity contribution in [3.8, 4) is 39.1 Å². The summed E-state index contributed by atoms with van der Waals surface area (Å²) in [5, 5.41) is 2.62. The predicted octanol–water partition coefficient (Wildman–Crippen LogP) is 16.3. The van der Waals surface area contributed by atoms with Crippen LogP contribution in [0.15, 0.2) is 194 Å². The number of hydrogen-bond acceptors (Lipinski definition) is 3. The summed E-state index contributed by atoms with van der Waals surface area (Å²) in [5.41, 5.74) is 17.3. The molecule has 0 amide bonds. The zero-order chi connectivity index (χ0) is 39.2. The summed E-state index contributed by atoms with van der Waals surface area (Å²) in [6.45, 7) is 4.72. The Morgan fingerprint density at radius 1 is 0.407 bits per heavy atom. The lowest BCUT2D eigenvalue weighted by Gasteiger charge is -2.28. The first-order valence-corrected chi connectivity index (χ1v) is 21.9. The van der Waals surface area contributed by atoms with Crippen molar-refractivity contribution < 1.29 is 0 Å². The highest BCUT2D eigenvalue weighted by molar-refractivity contribution is 7.33. The van der Waals surface area contributed by atoms with Crippen molar-refractivity contribution in [3.63, 3.8) is 0 Å². The van der Waals surface area contributed by atoms with E-state index in [-0.39, 0.29) is 5.41 Å². The van der Waals surface area contributed by atoms with E-state index >= 15 is 0 Å². The molecule has 0 atom stereocenters. The molecule has 0 fully saturated rings. The summed E-state index contributed by atoms with van der Waals surface area (Å²) < 4.78 is 7.90. The number of aromatic nitrogens is 1. The minimum Gasteiger partial charge on any atom is -0.310 e. The molecule has 0 spiro atoms. The average molecular weight is 791 g/mol. The van der Waals surface area contributed by atoms with Gasteiger partial charge in [0.2, 0.25) is 0 Å². The number of anilines is 3. The highest BCUT2D eigenvalue weighted by Crippen LogP contribution is 2.51. The Morgan fingerprint density at radius 3 is 1.47 bits per heavy atom. The van der Waals surface area contributed by atoms with Crippen LogP contribution in [-0.4, -0.2) is 4.57 Å². The van der Waals surface area contributed by atoms with Gasteiger partial charge in [-0.2, -0.15) is 0 Å². The first-order chi connectivity index (χ1) is 29.0. The Labute approximate surface area is 351 Å². The topological polar surface area (TPSA) is 8.17 Å². The minimum atomic E-state index is -0.106. The summed E-state index contributed by atoms with van der Waals surface area (Å²) in [6.07, 6.45) is 0. The number of fused-ring (bicyclic) bond motifs is 10. The Hall–Kier alpha value is -6.72. The van der Waals surface area contributed by atoms with Crippen LogP contribution in [0.5, 0.6) is 0 Å². The Morgan fingerprint density at radius 2 is 0.864 bits per heavy atom. The Balaban J connectivity index is 0.991. The molecule has 0 saturated carbocycles. The van der Waals surface area contributed by atoms with E-state index in [0.29, 0.717) is 0 Å². The van der Waals surface area contributed by atoms with E-state index in [1.807, 2.05) is 22.7 Å².